The lowest BCUT2D eigenvalue weighted by Gasteiger charge is -2.62. The molecule has 2 saturated carbocycles. The van der Waals surface area contributed by atoms with E-state index in [0.717, 1.165) is 5.57 Å². The quantitative estimate of drug-likeness (QED) is 0.240. The van der Waals surface area contributed by atoms with Gasteiger partial charge >= 0.3 is 23.9 Å². The number of ketones is 1. The van der Waals surface area contributed by atoms with E-state index in [-0.39, 0.29) is 49.8 Å². The molecule has 0 radical (unpaired) electrons. The topological polar surface area (TPSA) is 135 Å². The van der Waals surface area contributed by atoms with Crippen molar-refractivity contribution in [1.29, 1.82) is 0 Å². The molecule has 2 aliphatic carbocycles. The molecule has 2 heterocycles. The van der Waals surface area contributed by atoms with Gasteiger partial charge in [0.2, 0.25) is 0 Å². The summed E-state index contributed by atoms with van der Waals surface area (Å²) in [5.74, 6) is -3.19. The molecule has 3 fully saturated rings. The van der Waals surface area contributed by atoms with Crippen LogP contribution in [0, 0.1) is 28.6 Å². The minimum absolute atomic E-state index is 0.0476. The maximum Gasteiger partial charge on any atom is 0.331 e. The zero-order chi connectivity index (χ0) is 28.8. The molecule has 8 atom stereocenters. The van der Waals surface area contributed by atoms with E-state index in [4.69, 9.17) is 23.7 Å². The highest BCUT2D eigenvalue weighted by Gasteiger charge is 2.81. The summed E-state index contributed by atoms with van der Waals surface area (Å²) in [6, 6.07) is 0. The zero-order valence-corrected chi connectivity index (χ0v) is 23.7. The van der Waals surface area contributed by atoms with E-state index in [1.165, 1.54) is 19.9 Å². The summed E-state index contributed by atoms with van der Waals surface area (Å²) in [5.41, 5.74) is -2.21. The first-order valence-electron chi connectivity index (χ1n) is 13.8. The molecule has 1 saturated heterocycles. The number of Topliss-reactive ketones (excluding diaryl/α,β-unsaturated/α-hetero) is 1. The van der Waals surface area contributed by atoms with Crippen LogP contribution in [0.25, 0.3) is 0 Å². The van der Waals surface area contributed by atoms with Gasteiger partial charge in [0.1, 0.15) is 36.8 Å². The molecule has 10 heteroatoms. The van der Waals surface area contributed by atoms with Gasteiger partial charge in [-0.15, -0.1) is 0 Å². The smallest absolute Gasteiger partial charge is 0.331 e. The largest absolute Gasteiger partial charge is 0.465 e. The molecule has 1 spiro atoms. The highest BCUT2D eigenvalue weighted by Crippen LogP contribution is 2.68. The second kappa shape index (κ2) is 10.7. The summed E-state index contributed by atoms with van der Waals surface area (Å²) in [7, 11) is 0. The first-order valence-corrected chi connectivity index (χ1v) is 13.8. The summed E-state index contributed by atoms with van der Waals surface area (Å²) in [6.45, 7) is 10.5. The first kappa shape index (κ1) is 29.2. The average Bonchev–Trinajstić information content (AvgIpc) is 3.56. The fraction of sp³-hybridized carbons (Fsp3) is 0.759. The predicted octanol–water partition coefficient (Wildman–Crippen LogP) is 3.09. The van der Waals surface area contributed by atoms with Crippen molar-refractivity contribution in [2.45, 2.75) is 91.5 Å². The van der Waals surface area contributed by atoms with Gasteiger partial charge in [-0.1, -0.05) is 27.7 Å². The van der Waals surface area contributed by atoms with Gasteiger partial charge in [-0.25, -0.2) is 4.79 Å². The Morgan fingerprint density at radius 3 is 2.36 bits per heavy atom. The number of cyclic esters (lactones) is 1. The van der Waals surface area contributed by atoms with Crippen LogP contribution >= 0.6 is 0 Å². The number of ether oxygens (including phenoxy) is 5. The van der Waals surface area contributed by atoms with Crippen LogP contribution in [-0.2, 0) is 47.7 Å². The molecule has 0 aromatic heterocycles. The van der Waals surface area contributed by atoms with Crippen molar-refractivity contribution in [3.8, 4) is 0 Å². The Bertz CT molecular complexity index is 1070. The van der Waals surface area contributed by atoms with Crippen molar-refractivity contribution in [2.24, 2.45) is 28.6 Å². The van der Waals surface area contributed by atoms with Crippen LogP contribution < -0.4 is 0 Å². The summed E-state index contributed by atoms with van der Waals surface area (Å²) >= 11 is 0. The minimum Gasteiger partial charge on any atom is -0.465 e. The highest BCUT2D eigenvalue weighted by atomic mass is 16.6. The lowest BCUT2D eigenvalue weighted by Crippen LogP contribution is -2.73. The average molecular weight is 549 g/mol. The Morgan fingerprint density at radius 1 is 1.13 bits per heavy atom. The number of hydrogen-bond acceptors (Lipinski definition) is 10. The second-order valence-electron chi connectivity index (χ2n) is 12.0. The fourth-order valence-corrected chi connectivity index (χ4v) is 7.14. The Morgan fingerprint density at radius 2 is 1.82 bits per heavy atom. The normalized spacial score (nSPS) is 37.8. The molecule has 0 amide bonds. The third kappa shape index (κ3) is 5.00. The maximum absolute atomic E-state index is 14.2. The summed E-state index contributed by atoms with van der Waals surface area (Å²) in [5, 5.41) is 0. The van der Waals surface area contributed by atoms with Crippen molar-refractivity contribution in [3.63, 3.8) is 0 Å². The Kier molecular flexibility index (Phi) is 8.00. The van der Waals surface area contributed by atoms with E-state index in [2.05, 4.69) is 0 Å². The molecule has 0 aromatic rings. The van der Waals surface area contributed by atoms with Crippen molar-refractivity contribution >= 4 is 29.7 Å². The summed E-state index contributed by atoms with van der Waals surface area (Å²) in [6.07, 6.45) is 1.78. The number of carbonyl (C=O) groups excluding carboxylic acids is 5. The van der Waals surface area contributed by atoms with Crippen molar-refractivity contribution in [3.05, 3.63) is 11.6 Å². The van der Waals surface area contributed by atoms with Gasteiger partial charge in [-0.2, -0.15) is 0 Å². The molecular weight excluding hydrogens is 508 g/mol. The van der Waals surface area contributed by atoms with Crippen molar-refractivity contribution < 1.29 is 47.7 Å². The number of rotatable bonds is 9. The monoisotopic (exact) mass is 548 g/mol. The van der Waals surface area contributed by atoms with E-state index in [1.807, 2.05) is 20.8 Å². The second-order valence-corrected chi connectivity index (χ2v) is 12.0. The summed E-state index contributed by atoms with van der Waals surface area (Å²) < 4.78 is 28.7. The standard InChI is InChI=1S/C29H40O10/c1-7-16(2)26(34)39-23-12-21(32)25-27(6,9-8-20-11-24(33)35-13-20)17(3)10-22(38-19(5)31)28(25,14-36-18(4)30)29(23)15-37-29/h11,16-17,22-23,25H,7-10,12-15H2,1-6H3/t16-,17-,22+,23-,25-,27+,28-,29-/m1/s1. The Hall–Kier alpha value is -2.75. The maximum atomic E-state index is 14.2. The molecule has 0 aromatic carbocycles. The molecule has 4 rings (SSSR count). The van der Waals surface area contributed by atoms with Crippen molar-refractivity contribution in [1.82, 2.24) is 0 Å². The number of fused-ring (bicyclic) bond motifs is 2. The van der Waals surface area contributed by atoms with E-state index in [1.54, 1.807) is 6.92 Å². The van der Waals surface area contributed by atoms with Crippen molar-refractivity contribution in [2.75, 3.05) is 19.8 Å². The Labute approximate surface area is 229 Å². The van der Waals surface area contributed by atoms with Gasteiger partial charge in [0, 0.05) is 32.3 Å². The molecule has 0 N–H and O–H groups in total. The number of carbonyl (C=O) groups is 5. The van der Waals surface area contributed by atoms with Crippen LogP contribution in [-0.4, -0.2) is 67.3 Å². The van der Waals surface area contributed by atoms with Gasteiger partial charge in [0.05, 0.1) is 17.9 Å². The number of esters is 4. The first-order chi connectivity index (χ1) is 18.3. The van der Waals surface area contributed by atoms with Crippen LogP contribution in [0.5, 0.6) is 0 Å². The van der Waals surface area contributed by atoms with E-state index >= 15 is 0 Å². The fourth-order valence-electron chi connectivity index (χ4n) is 7.14. The van der Waals surface area contributed by atoms with Crippen LogP contribution in [0.1, 0.15) is 73.6 Å². The third-order valence-electron chi connectivity index (χ3n) is 9.72. The van der Waals surface area contributed by atoms with E-state index in [0.29, 0.717) is 25.7 Å². The molecule has 39 heavy (non-hydrogen) atoms. The van der Waals surface area contributed by atoms with Gasteiger partial charge in [0.15, 0.2) is 0 Å². The third-order valence-corrected chi connectivity index (χ3v) is 9.72. The molecule has 0 unspecified atom stereocenters. The van der Waals surface area contributed by atoms with Gasteiger partial charge in [-0.05, 0) is 42.6 Å². The lowest BCUT2D eigenvalue weighted by molar-refractivity contribution is -0.242. The number of epoxide rings is 1. The van der Waals surface area contributed by atoms with Crippen LogP contribution in [0.4, 0.5) is 0 Å². The van der Waals surface area contributed by atoms with Crippen LogP contribution in [0.2, 0.25) is 0 Å². The molecule has 216 valence electrons. The van der Waals surface area contributed by atoms with Crippen LogP contribution in [0.3, 0.4) is 0 Å². The highest BCUT2D eigenvalue weighted by molar-refractivity contribution is 5.87. The number of hydrogen-bond donors (Lipinski definition) is 0. The van der Waals surface area contributed by atoms with Crippen LogP contribution in [0.15, 0.2) is 11.6 Å². The molecule has 2 aliphatic heterocycles. The summed E-state index contributed by atoms with van der Waals surface area (Å²) in [4.78, 5) is 63.3. The Balaban J connectivity index is 1.82. The van der Waals surface area contributed by atoms with E-state index < -0.39 is 52.5 Å². The zero-order valence-electron chi connectivity index (χ0n) is 23.7. The molecule has 4 aliphatic rings. The predicted molar refractivity (Wildman–Crippen MR) is 136 cm³/mol. The van der Waals surface area contributed by atoms with Gasteiger partial charge in [0.25, 0.3) is 0 Å². The molecular formula is C29H40O10. The molecule has 0 bridgehead atoms. The van der Waals surface area contributed by atoms with Gasteiger partial charge in [-0.3, -0.25) is 19.2 Å². The minimum atomic E-state index is -1.27. The van der Waals surface area contributed by atoms with Gasteiger partial charge < -0.3 is 23.7 Å². The van der Waals surface area contributed by atoms with E-state index in [9.17, 15) is 24.0 Å². The molecule has 10 nitrogen and oxygen atoms in total. The SMILES string of the molecule is CC[C@@H](C)C(=O)O[C@@H]1CC(=O)[C@@H]2[C@@](C)(CCC3=CC(=O)OC3)[C@H](C)C[C@H](OC(C)=O)[C@@]2(COC(C)=O)[C@@]12CO2. The lowest BCUT2D eigenvalue weighted by atomic mass is 9.42.